The highest BCUT2D eigenvalue weighted by Gasteiger charge is 2.27. The maximum Gasteiger partial charge on any atom is 0.296 e. The van der Waals surface area contributed by atoms with Crippen LogP contribution >= 0.6 is 23.2 Å². The Balaban J connectivity index is 2.06. The van der Waals surface area contributed by atoms with Gasteiger partial charge in [-0.05, 0) is 53.9 Å². The number of anilines is 1. The average Bonchev–Trinajstić information content (AvgIpc) is 2.84. The number of phenols is 1. The number of nitrogens with one attached hydrogen (secondary N) is 1. The zero-order valence-electron chi connectivity index (χ0n) is 19.0. The van der Waals surface area contributed by atoms with E-state index in [0.717, 1.165) is 6.07 Å². The third-order valence-electron chi connectivity index (χ3n) is 5.16. The Morgan fingerprint density at radius 1 is 0.744 bits per heavy atom. The van der Waals surface area contributed by atoms with Gasteiger partial charge in [-0.2, -0.15) is 16.8 Å². The van der Waals surface area contributed by atoms with Crippen LogP contribution < -0.4 is 4.72 Å². The molecule has 4 N–H and O–H groups in total. The molecule has 0 saturated heterocycles. The first kappa shape index (κ1) is 28.7. The minimum absolute atomic E-state index is 0.0447. The van der Waals surface area contributed by atoms with Crippen LogP contribution in [0.4, 0.5) is 17.1 Å². The third-order valence-corrected chi connectivity index (χ3v) is 8.80. The van der Waals surface area contributed by atoms with E-state index < -0.39 is 67.9 Å². The molecule has 204 valence electrons. The molecule has 0 amide bonds. The monoisotopic (exact) mass is 631 g/mol. The Morgan fingerprint density at radius 3 is 2.03 bits per heavy atom. The molecule has 12 nitrogen and oxygen atoms in total. The van der Waals surface area contributed by atoms with Crippen molar-refractivity contribution >= 4 is 81.3 Å². The van der Waals surface area contributed by atoms with Gasteiger partial charge in [-0.3, -0.25) is 13.8 Å². The molecule has 0 heterocycles. The van der Waals surface area contributed by atoms with Gasteiger partial charge in [0.15, 0.2) is 5.75 Å². The number of phenolic OH excluding ortho intramolecular Hbond substituents is 1. The lowest BCUT2D eigenvalue weighted by Gasteiger charge is -2.15. The third kappa shape index (κ3) is 6.14. The fraction of sp³-hybridized carbons (Fsp3) is 0. The predicted molar refractivity (Wildman–Crippen MR) is 143 cm³/mol. The number of fused-ring (bicyclic) bond motifs is 1. The van der Waals surface area contributed by atoms with Crippen molar-refractivity contribution in [3.05, 3.63) is 76.8 Å². The van der Waals surface area contributed by atoms with Crippen LogP contribution in [0.1, 0.15) is 0 Å². The van der Waals surface area contributed by atoms with Gasteiger partial charge in [-0.25, -0.2) is 8.42 Å². The highest BCUT2D eigenvalue weighted by molar-refractivity contribution is 7.92. The number of aromatic hydroxyl groups is 1. The summed E-state index contributed by atoms with van der Waals surface area (Å²) in [6, 6.07) is 13.2. The lowest BCUT2D eigenvalue weighted by Crippen LogP contribution is -2.14. The molecule has 4 aromatic rings. The predicted octanol–water partition coefficient (Wildman–Crippen LogP) is 5.56. The van der Waals surface area contributed by atoms with Gasteiger partial charge in [0.2, 0.25) is 0 Å². The molecule has 0 aromatic heterocycles. The highest BCUT2D eigenvalue weighted by Crippen LogP contribution is 2.46. The van der Waals surface area contributed by atoms with E-state index in [1.54, 1.807) is 6.07 Å². The molecule has 39 heavy (non-hydrogen) atoms. The average molecular weight is 632 g/mol. The molecule has 0 unspecified atom stereocenters. The van der Waals surface area contributed by atoms with E-state index in [2.05, 4.69) is 15.0 Å². The Morgan fingerprint density at radius 2 is 1.41 bits per heavy atom. The van der Waals surface area contributed by atoms with Crippen molar-refractivity contribution in [2.75, 3.05) is 4.72 Å². The summed E-state index contributed by atoms with van der Waals surface area (Å²) in [6.45, 7) is 0. The van der Waals surface area contributed by atoms with Crippen LogP contribution in [0.3, 0.4) is 0 Å². The number of nitrogens with zero attached hydrogens (tertiary/aromatic N) is 2. The van der Waals surface area contributed by atoms with E-state index in [9.17, 15) is 39.5 Å². The summed E-state index contributed by atoms with van der Waals surface area (Å²) in [5, 5.41) is 18.0. The lowest BCUT2D eigenvalue weighted by atomic mass is 10.1. The first-order valence-corrected chi connectivity index (χ1v) is 15.4. The first-order chi connectivity index (χ1) is 18.1. The van der Waals surface area contributed by atoms with Gasteiger partial charge < -0.3 is 5.11 Å². The van der Waals surface area contributed by atoms with E-state index in [4.69, 9.17) is 23.2 Å². The van der Waals surface area contributed by atoms with Crippen LogP contribution in [0.2, 0.25) is 10.0 Å². The van der Waals surface area contributed by atoms with E-state index in [1.807, 2.05) is 0 Å². The quantitative estimate of drug-likeness (QED) is 0.149. The van der Waals surface area contributed by atoms with Crippen LogP contribution in [0, 0.1) is 0 Å². The molecule has 0 aliphatic carbocycles. The number of benzene rings is 4. The summed E-state index contributed by atoms with van der Waals surface area (Å²) >= 11 is 12.0. The van der Waals surface area contributed by atoms with Gasteiger partial charge in [0.25, 0.3) is 30.3 Å². The molecular formula is C22H15Cl2N3O9S3. The summed E-state index contributed by atoms with van der Waals surface area (Å²) in [4.78, 5) is -2.10. The topological polar surface area (TPSA) is 200 Å². The zero-order chi connectivity index (χ0) is 28.8. The number of azo groups is 1. The number of hydrogen-bond donors (Lipinski definition) is 4. The smallest absolute Gasteiger partial charge is 0.296 e. The van der Waals surface area contributed by atoms with Crippen molar-refractivity contribution in [3.63, 3.8) is 0 Å². The summed E-state index contributed by atoms with van der Waals surface area (Å²) in [5.74, 6) is -1.00. The summed E-state index contributed by atoms with van der Waals surface area (Å²) in [7, 11) is -14.5. The van der Waals surface area contributed by atoms with E-state index in [1.165, 1.54) is 42.5 Å². The van der Waals surface area contributed by atoms with Crippen molar-refractivity contribution < 1.29 is 39.5 Å². The Hall–Kier alpha value is -3.31. The maximum atomic E-state index is 13.0. The SMILES string of the molecule is O=S(=O)(O)c1cc(NS(=O)(=O)c2ccccc2)c2c(O)c(/N=N\c3cc(Cl)ccc3Cl)c(S(=O)(=O)O)cc2c1. The molecule has 0 radical (unpaired) electrons. The van der Waals surface area contributed by atoms with E-state index >= 15 is 0 Å². The highest BCUT2D eigenvalue weighted by atomic mass is 35.5. The molecule has 0 atom stereocenters. The van der Waals surface area contributed by atoms with Gasteiger partial charge in [0.1, 0.15) is 16.3 Å². The normalized spacial score (nSPS) is 12.7. The van der Waals surface area contributed by atoms with Gasteiger partial charge in [0.05, 0.1) is 25.9 Å². The molecule has 4 aromatic carbocycles. The summed E-state index contributed by atoms with van der Waals surface area (Å²) < 4.78 is 95.7. The van der Waals surface area contributed by atoms with Crippen LogP contribution in [0.25, 0.3) is 10.8 Å². The summed E-state index contributed by atoms with van der Waals surface area (Å²) in [5.41, 5.74) is -1.45. The standard InChI is InChI=1S/C22H15Cl2N3O9S3/c23-13-6-7-16(24)17(10-13)25-26-21-19(39(34,35)36)9-12-8-15(38(31,32)33)11-18(20(12)22(21)28)27-37(29,30)14-4-2-1-3-5-14/h1-11,27-28H,(H,31,32,33)(H,34,35,36)/b26-25-. The number of halogens is 2. The minimum atomic E-state index is -5.13. The van der Waals surface area contributed by atoms with Crippen LogP contribution in [-0.4, -0.2) is 39.5 Å². The number of hydrogen-bond acceptors (Lipinski definition) is 9. The molecular weight excluding hydrogens is 617 g/mol. The molecule has 0 aliphatic heterocycles. The Kier molecular flexibility index (Phi) is 7.61. The maximum absolute atomic E-state index is 13.0. The molecule has 0 spiro atoms. The molecule has 0 fully saturated rings. The second-order valence-electron chi connectivity index (χ2n) is 7.81. The van der Waals surface area contributed by atoms with Crippen LogP contribution in [-0.2, 0) is 30.3 Å². The van der Waals surface area contributed by atoms with E-state index in [-0.39, 0.29) is 20.6 Å². The van der Waals surface area contributed by atoms with Crippen LogP contribution in [0.5, 0.6) is 5.75 Å². The van der Waals surface area contributed by atoms with Crippen molar-refractivity contribution in [3.8, 4) is 5.75 Å². The molecule has 17 heteroatoms. The van der Waals surface area contributed by atoms with E-state index in [0.29, 0.717) is 12.1 Å². The second-order valence-corrected chi connectivity index (χ2v) is 13.1. The Bertz CT molecular complexity index is 1980. The summed E-state index contributed by atoms with van der Waals surface area (Å²) in [6.07, 6.45) is 0. The molecule has 0 aliphatic rings. The van der Waals surface area contributed by atoms with Crippen molar-refractivity contribution in [2.24, 2.45) is 10.2 Å². The zero-order valence-corrected chi connectivity index (χ0v) is 23.0. The second kappa shape index (κ2) is 10.3. The number of rotatable bonds is 7. The molecule has 0 bridgehead atoms. The minimum Gasteiger partial charge on any atom is -0.505 e. The van der Waals surface area contributed by atoms with Crippen molar-refractivity contribution in [2.45, 2.75) is 14.7 Å². The van der Waals surface area contributed by atoms with Crippen LogP contribution in [0.15, 0.2) is 91.6 Å². The van der Waals surface area contributed by atoms with Gasteiger partial charge in [0, 0.05) is 5.02 Å². The molecule has 4 rings (SSSR count). The Labute approximate surface area is 232 Å². The van der Waals surface area contributed by atoms with Gasteiger partial charge in [-0.15, -0.1) is 10.2 Å². The first-order valence-electron chi connectivity index (χ1n) is 10.3. The fourth-order valence-electron chi connectivity index (χ4n) is 3.45. The van der Waals surface area contributed by atoms with Gasteiger partial charge >= 0.3 is 0 Å². The largest absolute Gasteiger partial charge is 0.505 e. The van der Waals surface area contributed by atoms with Crippen molar-refractivity contribution in [1.29, 1.82) is 0 Å². The lowest BCUT2D eigenvalue weighted by molar-refractivity contribution is 0.472. The number of sulfonamides is 1. The van der Waals surface area contributed by atoms with Crippen molar-refractivity contribution in [1.82, 2.24) is 0 Å². The fourth-order valence-corrected chi connectivity index (χ4v) is 6.06. The van der Waals surface area contributed by atoms with Gasteiger partial charge in [-0.1, -0.05) is 41.4 Å². The molecule has 0 saturated carbocycles.